The third kappa shape index (κ3) is 3.07. The summed E-state index contributed by atoms with van der Waals surface area (Å²) < 4.78 is 17.8. The van der Waals surface area contributed by atoms with E-state index in [0.29, 0.717) is 26.4 Å². The van der Waals surface area contributed by atoms with E-state index in [1.807, 2.05) is 55.5 Å². The molecular weight excluding hydrogens is 366 g/mol. The average molecular weight is 389 g/mol. The highest BCUT2D eigenvalue weighted by molar-refractivity contribution is 6.06. The first-order valence-electron chi connectivity index (χ1n) is 10.00. The summed E-state index contributed by atoms with van der Waals surface area (Å²) in [5.74, 6) is -0.679. The van der Waals surface area contributed by atoms with Crippen LogP contribution in [-0.4, -0.2) is 32.3 Å². The molecular formula is C24H23NO4. The molecule has 2 heterocycles. The third-order valence-corrected chi connectivity index (χ3v) is 5.53. The molecule has 1 saturated heterocycles. The van der Waals surface area contributed by atoms with Crippen LogP contribution in [0, 0.1) is 6.92 Å². The van der Waals surface area contributed by atoms with E-state index >= 15 is 0 Å². The fourth-order valence-electron chi connectivity index (χ4n) is 4.10. The molecule has 3 aromatic rings. The quantitative estimate of drug-likeness (QED) is 0.672. The minimum atomic E-state index is -1.30. The van der Waals surface area contributed by atoms with Gasteiger partial charge in [-0.3, -0.25) is 4.79 Å². The second-order valence-electron chi connectivity index (χ2n) is 7.50. The Balaban J connectivity index is 1.36. The van der Waals surface area contributed by atoms with Gasteiger partial charge in [0.2, 0.25) is 0 Å². The van der Waals surface area contributed by atoms with E-state index in [9.17, 15) is 4.79 Å². The van der Waals surface area contributed by atoms with Gasteiger partial charge in [0.15, 0.2) is 0 Å². The summed E-state index contributed by atoms with van der Waals surface area (Å²) in [5, 5.41) is 2.30. The number of carbonyl (C=O) groups excluding carboxylic acids is 1. The number of ether oxygens (including phenoxy) is 3. The van der Waals surface area contributed by atoms with Crippen molar-refractivity contribution >= 4 is 22.4 Å². The molecule has 1 amide bonds. The maximum absolute atomic E-state index is 13.3. The maximum Gasteiger partial charge on any atom is 0.292 e. The molecule has 5 heteroatoms. The molecule has 0 radical (unpaired) electrons. The molecule has 0 N–H and O–H groups in total. The van der Waals surface area contributed by atoms with Gasteiger partial charge in [-0.2, -0.15) is 0 Å². The lowest BCUT2D eigenvalue weighted by Gasteiger charge is -2.32. The van der Waals surface area contributed by atoms with Gasteiger partial charge < -0.3 is 19.1 Å². The van der Waals surface area contributed by atoms with Crippen LogP contribution in [0.25, 0.3) is 10.8 Å². The first kappa shape index (κ1) is 18.2. The Morgan fingerprint density at radius 3 is 2.62 bits per heavy atom. The van der Waals surface area contributed by atoms with Gasteiger partial charge in [0.25, 0.3) is 11.7 Å². The predicted octanol–water partition coefficient (Wildman–Crippen LogP) is 4.16. The van der Waals surface area contributed by atoms with Crippen molar-refractivity contribution in [2.45, 2.75) is 19.1 Å². The minimum absolute atomic E-state index is 0.167. The van der Waals surface area contributed by atoms with Crippen molar-refractivity contribution in [2.24, 2.45) is 0 Å². The van der Waals surface area contributed by atoms with Crippen LogP contribution in [0.2, 0.25) is 0 Å². The normalized spacial score (nSPS) is 17.7. The number of anilines is 1. The molecule has 0 aromatic heterocycles. The van der Waals surface area contributed by atoms with Crippen LogP contribution in [0.15, 0.2) is 60.7 Å². The largest absolute Gasteiger partial charge is 0.492 e. The second-order valence-corrected chi connectivity index (χ2v) is 7.50. The number of rotatable bonds is 4. The Hall–Kier alpha value is -2.89. The van der Waals surface area contributed by atoms with Crippen LogP contribution in [0.1, 0.15) is 17.5 Å². The van der Waals surface area contributed by atoms with Gasteiger partial charge in [0, 0.05) is 5.56 Å². The number of nitrogens with zero attached hydrogens (tertiary/aromatic N) is 1. The van der Waals surface area contributed by atoms with E-state index in [2.05, 4.69) is 12.1 Å². The van der Waals surface area contributed by atoms with Gasteiger partial charge in [0.05, 0.1) is 25.4 Å². The van der Waals surface area contributed by atoms with Crippen molar-refractivity contribution in [3.05, 3.63) is 71.8 Å². The molecule has 5 nitrogen and oxygen atoms in total. The first-order valence-corrected chi connectivity index (χ1v) is 10.00. The minimum Gasteiger partial charge on any atom is -0.492 e. The lowest BCUT2D eigenvalue weighted by molar-refractivity contribution is -0.256. The number of amides is 1. The molecule has 1 fully saturated rings. The first-order chi connectivity index (χ1) is 14.2. The molecule has 1 spiro atoms. The van der Waals surface area contributed by atoms with Crippen molar-refractivity contribution < 1.29 is 19.0 Å². The van der Waals surface area contributed by atoms with E-state index in [1.54, 1.807) is 4.90 Å². The lowest BCUT2D eigenvalue weighted by Crippen LogP contribution is -2.48. The molecule has 0 saturated carbocycles. The summed E-state index contributed by atoms with van der Waals surface area (Å²) in [4.78, 5) is 15.0. The molecule has 2 aliphatic rings. The average Bonchev–Trinajstić information content (AvgIpc) is 2.96. The van der Waals surface area contributed by atoms with E-state index in [4.69, 9.17) is 14.2 Å². The molecule has 29 heavy (non-hydrogen) atoms. The van der Waals surface area contributed by atoms with Gasteiger partial charge in [0.1, 0.15) is 12.4 Å². The number of carbonyl (C=O) groups is 1. The summed E-state index contributed by atoms with van der Waals surface area (Å²) in [5.41, 5.74) is 2.71. The fourth-order valence-corrected chi connectivity index (χ4v) is 4.10. The van der Waals surface area contributed by atoms with Crippen LogP contribution in [0.4, 0.5) is 5.69 Å². The van der Waals surface area contributed by atoms with Crippen LogP contribution >= 0.6 is 0 Å². The number of benzene rings is 3. The Morgan fingerprint density at radius 2 is 1.79 bits per heavy atom. The SMILES string of the molecule is Cc1ccc2c(c1)C1(OCCCO1)C(=O)N2CCOc1ccc2ccccc2c1. The van der Waals surface area contributed by atoms with Crippen molar-refractivity contribution in [1.82, 2.24) is 0 Å². The topological polar surface area (TPSA) is 48.0 Å². The number of hydrogen-bond acceptors (Lipinski definition) is 4. The summed E-state index contributed by atoms with van der Waals surface area (Å²) in [6, 6.07) is 20.2. The number of hydrogen-bond donors (Lipinski definition) is 0. The van der Waals surface area contributed by atoms with E-state index in [0.717, 1.165) is 34.4 Å². The lowest BCUT2D eigenvalue weighted by atomic mass is 10.0. The molecule has 0 unspecified atom stereocenters. The van der Waals surface area contributed by atoms with Gasteiger partial charge in [-0.1, -0.05) is 42.0 Å². The van der Waals surface area contributed by atoms with Crippen LogP contribution in [-0.2, 0) is 20.1 Å². The predicted molar refractivity (Wildman–Crippen MR) is 111 cm³/mol. The van der Waals surface area contributed by atoms with Crippen molar-refractivity contribution in [3.63, 3.8) is 0 Å². The Morgan fingerprint density at radius 1 is 1.00 bits per heavy atom. The molecule has 2 aliphatic heterocycles. The van der Waals surface area contributed by atoms with E-state index in [-0.39, 0.29) is 5.91 Å². The van der Waals surface area contributed by atoms with Crippen molar-refractivity contribution in [3.8, 4) is 5.75 Å². The summed E-state index contributed by atoms with van der Waals surface area (Å²) >= 11 is 0. The zero-order valence-electron chi connectivity index (χ0n) is 16.4. The van der Waals surface area contributed by atoms with E-state index in [1.165, 1.54) is 5.39 Å². The standard InChI is InChI=1S/C24H23NO4/c1-17-7-10-22-21(15-17)24(28-12-4-13-29-24)23(26)25(22)11-14-27-20-9-8-18-5-2-3-6-19(18)16-20/h2-3,5-10,15-16H,4,11-14H2,1H3. The van der Waals surface area contributed by atoms with Gasteiger partial charge in [-0.25, -0.2) is 0 Å². The highest BCUT2D eigenvalue weighted by atomic mass is 16.7. The number of aryl methyl sites for hydroxylation is 1. The molecule has 5 rings (SSSR count). The van der Waals surface area contributed by atoms with Crippen LogP contribution in [0.3, 0.4) is 0 Å². The van der Waals surface area contributed by atoms with Gasteiger partial charge in [-0.05, 0) is 48.4 Å². The molecule has 0 bridgehead atoms. The fraction of sp³-hybridized carbons (Fsp3) is 0.292. The highest BCUT2D eigenvalue weighted by Crippen LogP contribution is 2.45. The van der Waals surface area contributed by atoms with Crippen molar-refractivity contribution in [2.75, 3.05) is 31.3 Å². The molecule has 0 aliphatic carbocycles. The summed E-state index contributed by atoms with van der Waals surface area (Å²) in [6.45, 7) is 3.84. The van der Waals surface area contributed by atoms with Crippen LogP contribution in [0.5, 0.6) is 5.75 Å². The second kappa shape index (κ2) is 7.17. The zero-order chi connectivity index (χ0) is 19.8. The molecule has 3 aromatic carbocycles. The van der Waals surface area contributed by atoms with Crippen molar-refractivity contribution in [1.29, 1.82) is 0 Å². The monoisotopic (exact) mass is 389 g/mol. The Kier molecular flexibility index (Phi) is 4.49. The molecule has 148 valence electrons. The zero-order valence-corrected chi connectivity index (χ0v) is 16.4. The van der Waals surface area contributed by atoms with Crippen LogP contribution < -0.4 is 9.64 Å². The third-order valence-electron chi connectivity index (χ3n) is 5.53. The Labute approximate surface area is 169 Å². The van der Waals surface area contributed by atoms with Gasteiger partial charge >= 0.3 is 0 Å². The summed E-state index contributed by atoms with van der Waals surface area (Å²) in [6.07, 6.45) is 0.793. The number of fused-ring (bicyclic) bond motifs is 3. The summed E-state index contributed by atoms with van der Waals surface area (Å²) in [7, 11) is 0. The smallest absolute Gasteiger partial charge is 0.292 e. The Bertz CT molecular complexity index is 1070. The molecule has 0 atom stereocenters. The van der Waals surface area contributed by atoms with E-state index < -0.39 is 5.79 Å². The van der Waals surface area contributed by atoms with Gasteiger partial charge in [-0.15, -0.1) is 0 Å². The maximum atomic E-state index is 13.3. The highest BCUT2D eigenvalue weighted by Gasteiger charge is 2.54.